The zero-order valence-electron chi connectivity index (χ0n) is 12.3. The summed E-state index contributed by atoms with van der Waals surface area (Å²) in [6, 6.07) is 3.50. The van der Waals surface area contributed by atoms with Crippen LogP contribution in [0.25, 0.3) is 0 Å². The first kappa shape index (κ1) is 17.8. The number of halogens is 1. The number of hydrogen-bond donors (Lipinski definition) is 5. The van der Waals surface area contributed by atoms with E-state index in [1.54, 1.807) is 6.07 Å². The summed E-state index contributed by atoms with van der Waals surface area (Å²) in [6.07, 6.45) is -4.98. The quantitative estimate of drug-likeness (QED) is 0.452. The molecule has 9 heteroatoms. The second-order valence-electron chi connectivity index (χ2n) is 5.24. The number of anilines is 1. The Bertz CT molecular complexity index is 572. The van der Waals surface area contributed by atoms with Gasteiger partial charge in [0.2, 0.25) is 12.2 Å². The minimum Gasteiger partial charge on any atom is -0.461 e. The van der Waals surface area contributed by atoms with Crippen LogP contribution in [0, 0.1) is 0 Å². The van der Waals surface area contributed by atoms with Crippen molar-refractivity contribution in [1.29, 1.82) is 0 Å². The van der Waals surface area contributed by atoms with Gasteiger partial charge >= 0.3 is 0 Å². The topological polar surface area (TPSA) is 134 Å². The lowest BCUT2D eigenvalue weighted by Crippen LogP contribution is -2.65. The van der Waals surface area contributed by atoms with Crippen LogP contribution < -0.4 is 15.8 Å². The van der Waals surface area contributed by atoms with Crippen molar-refractivity contribution in [2.24, 2.45) is 0 Å². The molecule has 6 N–H and O–H groups in total. The first-order valence-corrected chi connectivity index (χ1v) is 7.32. The molecule has 2 rings (SSSR count). The van der Waals surface area contributed by atoms with Gasteiger partial charge in [0.05, 0.1) is 11.6 Å². The zero-order chi connectivity index (χ0) is 17.1. The Kier molecular flexibility index (Phi) is 5.66. The number of carbonyl (C=O) groups excluding carboxylic acids is 1. The normalized spacial score (nSPS) is 30.7. The van der Waals surface area contributed by atoms with Crippen molar-refractivity contribution in [2.75, 3.05) is 12.3 Å². The minimum absolute atomic E-state index is 0.219. The molecule has 1 aliphatic heterocycles. The molecule has 0 spiro atoms. The Balaban J connectivity index is 2.25. The third-order valence-electron chi connectivity index (χ3n) is 3.45. The monoisotopic (exact) mass is 346 g/mol. The number of benzene rings is 1. The van der Waals surface area contributed by atoms with Crippen molar-refractivity contribution in [3.8, 4) is 5.75 Å². The van der Waals surface area contributed by atoms with Gasteiger partial charge in [0.1, 0.15) is 30.1 Å². The molecule has 0 unspecified atom stereocenters. The predicted molar refractivity (Wildman–Crippen MR) is 81.9 cm³/mol. The van der Waals surface area contributed by atoms with Gasteiger partial charge in [-0.15, -0.1) is 0 Å². The van der Waals surface area contributed by atoms with Crippen LogP contribution in [0.3, 0.4) is 0 Å². The molecule has 8 nitrogen and oxygen atoms in total. The second kappa shape index (κ2) is 7.33. The van der Waals surface area contributed by atoms with Gasteiger partial charge in [-0.2, -0.15) is 0 Å². The van der Waals surface area contributed by atoms with E-state index < -0.39 is 43.2 Å². The largest absolute Gasteiger partial charge is 0.461 e. The molecule has 0 aromatic heterocycles. The SMILES string of the molecule is CC(=O)N[C@H]1[C@H](Oc2ccc(N)cc2Cl)O[C@H](CO)[C@@H](O)[C@@H]1O. The standard InChI is InChI=1S/C14H19ClN2O6/c1-6(19)17-11-13(21)12(20)10(5-18)23-14(11)22-9-3-2-7(16)4-8(9)15/h2-4,10-14,18,20-21H,5,16H2,1H3,(H,17,19)/t10-,11-,12-,13-,14-/m1/s1. The average Bonchev–Trinajstić information content (AvgIpc) is 2.48. The molecule has 23 heavy (non-hydrogen) atoms. The van der Waals surface area contributed by atoms with E-state index in [4.69, 9.17) is 26.8 Å². The Morgan fingerprint density at radius 3 is 2.70 bits per heavy atom. The first-order valence-electron chi connectivity index (χ1n) is 6.94. The van der Waals surface area contributed by atoms with E-state index in [-0.39, 0.29) is 10.8 Å². The lowest BCUT2D eigenvalue weighted by atomic mass is 9.97. The molecule has 0 saturated carbocycles. The van der Waals surface area contributed by atoms with Crippen molar-refractivity contribution < 1.29 is 29.6 Å². The number of nitrogen functional groups attached to an aromatic ring is 1. The molecular formula is C14H19ClN2O6. The van der Waals surface area contributed by atoms with E-state index in [1.807, 2.05) is 0 Å². The van der Waals surface area contributed by atoms with Crippen LogP contribution in [0.1, 0.15) is 6.92 Å². The van der Waals surface area contributed by atoms with E-state index in [9.17, 15) is 20.1 Å². The van der Waals surface area contributed by atoms with Gasteiger partial charge in [0.25, 0.3) is 0 Å². The maximum absolute atomic E-state index is 11.3. The lowest BCUT2D eigenvalue weighted by Gasteiger charge is -2.42. The van der Waals surface area contributed by atoms with E-state index in [1.165, 1.54) is 19.1 Å². The lowest BCUT2D eigenvalue weighted by molar-refractivity contribution is -0.244. The Morgan fingerprint density at radius 2 is 2.13 bits per heavy atom. The molecule has 0 bridgehead atoms. The number of aliphatic hydroxyl groups excluding tert-OH is 3. The highest BCUT2D eigenvalue weighted by atomic mass is 35.5. The van der Waals surface area contributed by atoms with Gasteiger partial charge in [-0.3, -0.25) is 4.79 Å². The maximum Gasteiger partial charge on any atom is 0.223 e. The van der Waals surface area contributed by atoms with Crippen LogP contribution in [0.4, 0.5) is 5.69 Å². The molecule has 0 aliphatic carbocycles. The number of nitrogens with one attached hydrogen (secondary N) is 1. The highest BCUT2D eigenvalue weighted by Crippen LogP contribution is 2.30. The van der Waals surface area contributed by atoms with E-state index in [0.717, 1.165) is 0 Å². The van der Waals surface area contributed by atoms with Crippen molar-refractivity contribution in [1.82, 2.24) is 5.32 Å². The number of ether oxygens (including phenoxy) is 2. The van der Waals surface area contributed by atoms with Crippen LogP contribution in [0.2, 0.25) is 5.02 Å². The fourth-order valence-electron chi connectivity index (χ4n) is 2.31. The third-order valence-corrected chi connectivity index (χ3v) is 3.75. The second-order valence-corrected chi connectivity index (χ2v) is 5.65. The number of carbonyl (C=O) groups is 1. The Morgan fingerprint density at radius 1 is 1.43 bits per heavy atom. The summed E-state index contributed by atoms with van der Waals surface area (Å²) in [7, 11) is 0. The van der Waals surface area contributed by atoms with Crippen molar-refractivity contribution in [3.63, 3.8) is 0 Å². The van der Waals surface area contributed by atoms with Crippen LogP contribution in [0.5, 0.6) is 5.75 Å². The number of amides is 1. The summed E-state index contributed by atoms with van der Waals surface area (Å²) >= 11 is 6.03. The smallest absolute Gasteiger partial charge is 0.223 e. The molecule has 1 heterocycles. The summed E-state index contributed by atoms with van der Waals surface area (Å²) in [4.78, 5) is 11.3. The number of nitrogens with two attached hydrogens (primary N) is 1. The predicted octanol–water partition coefficient (Wildman–Crippen LogP) is -0.755. The van der Waals surface area contributed by atoms with E-state index in [2.05, 4.69) is 5.32 Å². The zero-order valence-corrected chi connectivity index (χ0v) is 13.1. The van der Waals surface area contributed by atoms with Crippen LogP contribution in [-0.2, 0) is 9.53 Å². The summed E-state index contributed by atoms with van der Waals surface area (Å²) in [5.74, 6) is -0.217. The van der Waals surface area contributed by atoms with E-state index in [0.29, 0.717) is 5.69 Å². The molecule has 1 aromatic rings. The highest BCUT2D eigenvalue weighted by molar-refractivity contribution is 6.32. The van der Waals surface area contributed by atoms with Gasteiger partial charge in [0, 0.05) is 12.6 Å². The van der Waals surface area contributed by atoms with Gasteiger partial charge in [-0.05, 0) is 18.2 Å². The molecule has 0 radical (unpaired) electrons. The molecule has 1 fully saturated rings. The van der Waals surface area contributed by atoms with Gasteiger partial charge < -0.3 is 35.8 Å². The van der Waals surface area contributed by atoms with E-state index >= 15 is 0 Å². The molecule has 1 saturated heterocycles. The third kappa shape index (κ3) is 4.04. The Hall–Kier alpha value is -1.58. The van der Waals surface area contributed by atoms with Gasteiger partial charge in [-0.25, -0.2) is 0 Å². The van der Waals surface area contributed by atoms with Crippen LogP contribution in [-0.4, -0.2) is 58.5 Å². The molecular weight excluding hydrogens is 328 g/mol. The van der Waals surface area contributed by atoms with Crippen molar-refractivity contribution in [3.05, 3.63) is 23.2 Å². The summed E-state index contributed by atoms with van der Waals surface area (Å²) in [6.45, 7) is 0.727. The van der Waals surface area contributed by atoms with Gasteiger partial charge in [0.15, 0.2) is 0 Å². The van der Waals surface area contributed by atoms with Crippen LogP contribution in [0.15, 0.2) is 18.2 Å². The Labute approximate surface area is 137 Å². The number of rotatable bonds is 4. The number of aliphatic hydroxyl groups is 3. The van der Waals surface area contributed by atoms with Crippen LogP contribution >= 0.6 is 11.6 Å². The summed E-state index contributed by atoms with van der Waals surface area (Å²) in [5.41, 5.74) is 6.04. The van der Waals surface area contributed by atoms with Gasteiger partial charge in [-0.1, -0.05) is 11.6 Å². The minimum atomic E-state index is -1.39. The molecule has 1 amide bonds. The van der Waals surface area contributed by atoms with Crippen molar-refractivity contribution >= 4 is 23.2 Å². The number of hydrogen-bond acceptors (Lipinski definition) is 7. The fourth-order valence-corrected chi connectivity index (χ4v) is 2.54. The molecule has 1 aliphatic rings. The van der Waals surface area contributed by atoms with Crippen molar-refractivity contribution in [2.45, 2.75) is 37.6 Å². The average molecular weight is 347 g/mol. The fraction of sp³-hybridized carbons (Fsp3) is 0.500. The molecule has 1 aromatic carbocycles. The highest BCUT2D eigenvalue weighted by Gasteiger charge is 2.46. The molecule has 5 atom stereocenters. The molecule has 128 valence electrons. The summed E-state index contributed by atoms with van der Waals surface area (Å²) in [5, 5.41) is 32.0. The first-order chi connectivity index (χ1) is 10.8. The summed E-state index contributed by atoms with van der Waals surface area (Å²) < 4.78 is 11.0. The maximum atomic E-state index is 11.3.